The van der Waals surface area contributed by atoms with E-state index >= 15 is 0 Å². The smallest absolute Gasteiger partial charge is 0.304 e. The third-order valence-electron chi connectivity index (χ3n) is 3.18. The number of benzene rings is 1. The van der Waals surface area contributed by atoms with Gasteiger partial charge in [-0.05, 0) is 18.9 Å². The second-order valence-electron chi connectivity index (χ2n) is 5.06. The molecular formula is C16H22O5. The van der Waals surface area contributed by atoms with Gasteiger partial charge in [-0.2, -0.15) is 0 Å². The van der Waals surface area contributed by atoms with Gasteiger partial charge in [-0.1, -0.05) is 30.3 Å². The molecule has 3 atom stereocenters. The topological polar surface area (TPSA) is 54.0 Å². The van der Waals surface area contributed by atoms with Gasteiger partial charge in [0.05, 0.1) is 12.7 Å². The van der Waals surface area contributed by atoms with Crippen molar-refractivity contribution in [1.29, 1.82) is 0 Å². The molecule has 0 radical (unpaired) electrons. The zero-order valence-corrected chi connectivity index (χ0v) is 12.5. The fraction of sp³-hybridized carbons (Fsp3) is 0.562. The summed E-state index contributed by atoms with van der Waals surface area (Å²) in [5, 5.41) is 0. The largest absolute Gasteiger partial charge is 0.436 e. The number of ether oxygens (including phenoxy) is 4. The summed E-state index contributed by atoms with van der Waals surface area (Å²) in [6.07, 6.45) is 0.373. The lowest BCUT2D eigenvalue weighted by Crippen LogP contribution is -2.39. The molecule has 0 spiro atoms. The average Bonchev–Trinajstić information content (AvgIpc) is 2.43. The second-order valence-corrected chi connectivity index (χ2v) is 5.06. The summed E-state index contributed by atoms with van der Waals surface area (Å²) in [5.74, 6) is -0.340. The van der Waals surface area contributed by atoms with Crippen molar-refractivity contribution in [3.05, 3.63) is 35.9 Å². The first kappa shape index (κ1) is 15.9. The van der Waals surface area contributed by atoms with Crippen molar-refractivity contribution in [3.8, 4) is 0 Å². The molecule has 1 aliphatic heterocycles. The molecule has 0 saturated carbocycles. The van der Waals surface area contributed by atoms with E-state index in [0.717, 1.165) is 12.0 Å². The Kier molecular flexibility index (Phi) is 6.17. The van der Waals surface area contributed by atoms with Crippen LogP contribution in [0.3, 0.4) is 0 Å². The highest BCUT2D eigenvalue weighted by molar-refractivity contribution is 5.66. The maximum absolute atomic E-state index is 11.0. The summed E-state index contributed by atoms with van der Waals surface area (Å²) >= 11 is 0. The van der Waals surface area contributed by atoms with E-state index in [1.54, 1.807) is 6.92 Å². The average molecular weight is 294 g/mol. The van der Waals surface area contributed by atoms with Crippen LogP contribution in [0.15, 0.2) is 30.3 Å². The van der Waals surface area contributed by atoms with E-state index in [9.17, 15) is 4.79 Å². The standard InChI is InChI=1S/C16H22O5/c1-12(17)19-16-10-15(20-13(2)21-16)8-9-18-11-14-6-4-3-5-7-14/h3-7,13,15-16H,8-11H2,1-2H3/t13-,15-,16?/m1/s1. The summed E-state index contributed by atoms with van der Waals surface area (Å²) in [6, 6.07) is 10.0. The van der Waals surface area contributed by atoms with Crippen molar-refractivity contribution in [1.82, 2.24) is 0 Å². The Morgan fingerprint density at radius 2 is 2.05 bits per heavy atom. The molecule has 1 heterocycles. The van der Waals surface area contributed by atoms with Crippen LogP contribution in [0.25, 0.3) is 0 Å². The van der Waals surface area contributed by atoms with Crippen LogP contribution in [-0.2, 0) is 30.3 Å². The number of hydrogen-bond acceptors (Lipinski definition) is 5. The van der Waals surface area contributed by atoms with Crippen LogP contribution in [0.5, 0.6) is 0 Å². The van der Waals surface area contributed by atoms with Gasteiger partial charge in [0.15, 0.2) is 6.29 Å². The minimum absolute atomic E-state index is 0.0196. The Balaban J connectivity index is 1.68. The fourth-order valence-corrected chi connectivity index (χ4v) is 2.27. The molecule has 2 rings (SSSR count). The first-order chi connectivity index (χ1) is 10.1. The number of carbonyl (C=O) groups is 1. The molecule has 0 aromatic heterocycles. The van der Waals surface area contributed by atoms with Gasteiger partial charge in [0.1, 0.15) is 0 Å². The van der Waals surface area contributed by atoms with E-state index in [-0.39, 0.29) is 18.4 Å². The lowest BCUT2D eigenvalue weighted by molar-refractivity contribution is -0.293. The summed E-state index contributed by atoms with van der Waals surface area (Å²) < 4.78 is 21.8. The number of carbonyl (C=O) groups excluding carboxylic acids is 1. The lowest BCUT2D eigenvalue weighted by Gasteiger charge is -2.33. The van der Waals surface area contributed by atoms with Crippen LogP contribution in [0, 0.1) is 0 Å². The van der Waals surface area contributed by atoms with Gasteiger partial charge < -0.3 is 18.9 Å². The molecule has 116 valence electrons. The molecule has 1 aliphatic rings. The fourth-order valence-electron chi connectivity index (χ4n) is 2.27. The third-order valence-corrected chi connectivity index (χ3v) is 3.18. The zero-order chi connectivity index (χ0) is 15.1. The minimum atomic E-state index is -0.523. The van der Waals surface area contributed by atoms with Crippen molar-refractivity contribution in [3.63, 3.8) is 0 Å². The maximum atomic E-state index is 11.0. The summed E-state index contributed by atoms with van der Waals surface area (Å²) in [6.45, 7) is 4.36. The first-order valence-corrected chi connectivity index (χ1v) is 7.23. The van der Waals surface area contributed by atoms with E-state index in [1.807, 2.05) is 30.3 Å². The van der Waals surface area contributed by atoms with Crippen molar-refractivity contribution >= 4 is 5.97 Å². The summed E-state index contributed by atoms with van der Waals surface area (Å²) in [5.41, 5.74) is 1.15. The lowest BCUT2D eigenvalue weighted by atomic mass is 10.1. The van der Waals surface area contributed by atoms with Gasteiger partial charge >= 0.3 is 5.97 Å². The maximum Gasteiger partial charge on any atom is 0.304 e. The van der Waals surface area contributed by atoms with Crippen molar-refractivity contribution in [2.75, 3.05) is 6.61 Å². The SMILES string of the molecule is CC(=O)OC1C[C@@H](CCOCc2ccccc2)O[C@@H](C)O1. The molecule has 1 aromatic rings. The van der Waals surface area contributed by atoms with Crippen LogP contribution in [0.1, 0.15) is 32.3 Å². The predicted octanol–water partition coefficient (Wildman–Crippen LogP) is 2.63. The molecule has 1 fully saturated rings. The van der Waals surface area contributed by atoms with Crippen LogP contribution in [-0.4, -0.2) is 31.3 Å². The van der Waals surface area contributed by atoms with Gasteiger partial charge in [0, 0.05) is 20.0 Å². The molecular weight excluding hydrogens is 272 g/mol. The Morgan fingerprint density at radius 1 is 1.29 bits per heavy atom. The van der Waals surface area contributed by atoms with Crippen molar-refractivity contribution in [2.24, 2.45) is 0 Å². The molecule has 21 heavy (non-hydrogen) atoms. The highest BCUT2D eigenvalue weighted by Crippen LogP contribution is 2.21. The first-order valence-electron chi connectivity index (χ1n) is 7.23. The van der Waals surface area contributed by atoms with Gasteiger partial charge in [-0.15, -0.1) is 0 Å². The number of esters is 1. The van der Waals surface area contributed by atoms with Crippen molar-refractivity contribution < 1.29 is 23.7 Å². The van der Waals surface area contributed by atoms with E-state index < -0.39 is 6.29 Å². The monoisotopic (exact) mass is 294 g/mol. The Hall–Kier alpha value is -1.43. The highest BCUT2D eigenvalue weighted by Gasteiger charge is 2.29. The van der Waals surface area contributed by atoms with Crippen molar-refractivity contribution in [2.45, 2.75) is 52.0 Å². The van der Waals surface area contributed by atoms with Crippen LogP contribution < -0.4 is 0 Å². The molecule has 1 aromatic carbocycles. The minimum Gasteiger partial charge on any atom is -0.436 e. The Labute approximate surface area is 125 Å². The quantitative estimate of drug-likeness (QED) is 0.596. The van der Waals surface area contributed by atoms with E-state index in [0.29, 0.717) is 19.6 Å². The van der Waals surface area contributed by atoms with Gasteiger partial charge in [-0.3, -0.25) is 4.79 Å². The van der Waals surface area contributed by atoms with Gasteiger partial charge in [0.25, 0.3) is 0 Å². The molecule has 0 amide bonds. The molecule has 5 nitrogen and oxygen atoms in total. The molecule has 0 N–H and O–H groups in total. The van der Waals surface area contributed by atoms with E-state index in [4.69, 9.17) is 18.9 Å². The second kappa shape index (κ2) is 8.12. The summed E-state index contributed by atoms with van der Waals surface area (Å²) in [7, 11) is 0. The van der Waals surface area contributed by atoms with Gasteiger partial charge in [0.2, 0.25) is 6.29 Å². The van der Waals surface area contributed by atoms with E-state index in [1.165, 1.54) is 6.92 Å². The van der Waals surface area contributed by atoms with Crippen LogP contribution in [0.4, 0.5) is 0 Å². The predicted molar refractivity (Wildman–Crippen MR) is 76.3 cm³/mol. The number of hydrogen-bond donors (Lipinski definition) is 0. The molecule has 1 saturated heterocycles. The van der Waals surface area contributed by atoms with E-state index in [2.05, 4.69) is 0 Å². The molecule has 0 bridgehead atoms. The van der Waals surface area contributed by atoms with Crippen LogP contribution in [0.2, 0.25) is 0 Å². The molecule has 5 heteroatoms. The molecule has 0 aliphatic carbocycles. The summed E-state index contributed by atoms with van der Waals surface area (Å²) in [4.78, 5) is 11.0. The third kappa shape index (κ3) is 5.83. The Morgan fingerprint density at radius 3 is 2.76 bits per heavy atom. The highest BCUT2D eigenvalue weighted by atomic mass is 16.8. The Bertz CT molecular complexity index is 434. The molecule has 1 unspecified atom stereocenters. The van der Waals surface area contributed by atoms with Gasteiger partial charge in [-0.25, -0.2) is 0 Å². The van der Waals surface area contributed by atoms with Crippen LogP contribution >= 0.6 is 0 Å². The zero-order valence-electron chi connectivity index (χ0n) is 12.5. The number of rotatable bonds is 6. The normalized spacial score (nSPS) is 25.5.